The maximum atomic E-state index is 12.2. The van der Waals surface area contributed by atoms with Crippen LogP contribution in [0, 0.1) is 0 Å². The molecule has 0 saturated heterocycles. The Kier molecular flexibility index (Phi) is 4.26. The molecular weight excluding hydrogens is 276 g/mol. The summed E-state index contributed by atoms with van der Waals surface area (Å²) in [5, 5.41) is 4.94. The Labute approximate surface area is 123 Å². The number of nitrogens with zero attached hydrogens (tertiary/aromatic N) is 1. The Morgan fingerprint density at radius 1 is 1.40 bits per heavy atom. The standard InChI is InChI=1S/C15H17ClN2O2/c1-15(2,9-20-3)18-14(19)12-8-10-6-4-5-7-11(10)13(16)17-12/h4-8H,9H2,1-3H3,(H,18,19). The van der Waals surface area contributed by atoms with Crippen molar-refractivity contribution in [3.05, 3.63) is 41.2 Å². The van der Waals surface area contributed by atoms with Gasteiger partial charge in [-0.15, -0.1) is 0 Å². The molecule has 0 radical (unpaired) electrons. The summed E-state index contributed by atoms with van der Waals surface area (Å²) >= 11 is 6.12. The number of pyridine rings is 1. The summed E-state index contributed by atoms with van der Waals surface area (Å²) in [7, 11) is 1.60. The quantitative estimate of drug-likeness (QED) is 0.881. The van der Waals surface area contributed by atoms with E-state index >= 15 is 0 Å². The van der Waals surface area contributed by atoms with Gasteiger partial charge in [0.1, 0.15) is 10.8 Å². The molecule has 0 fully saturated rings. The average molecular weight is 293 g/mol. The lowest BCUT2D eigenvalue weighted by molar-refractivity contribution is 0.0815. The molecule has 0 aliphatic carbocycles. The molecule has 0 aliphatic heterocycles. The minimum Gasteiger partial charge on any atom is -0.382 e. The molecule has 2 rings (SSSR count). The highest BCUT2D eigenvalue weighted by molar-refractivity contribution is 6.34. The lowest BCUT2D eigenvalue weighted by Gasteiger charge is -2.25. The van der Waals surface area contributed by atoms with Gasteiger partial charge >= 0.3 is 0 Å². The SMILES string of the molecule is COCC(C)(C)NC(=O)c1cc2ccccc2c(Cl)n1. The fourth-order valence-corrected chi connectivity index (χ4v) is 2.30. The number of aromatic nitrogens is 1. The van der Waals surface area contributed by atoms with Crippen LogP contribution < -0.4 is 5.32 Å². The highest BCUT2D eigenvalue weighted by Gasteiger charge is 2.22. The van der Waals surface area contributed by atoms with E-state index in [1.54, 1.807) is 13.2 Å². The number of amides is 1. The van der Waals surface area contributed by atoms with Gasteiger partial charge in [0.25, 0.3) is 5.91 Å². The second kappa shape index (κ2) is 5.77. The molecule has 5 heteroatoms. The molecule has 4 nitrogen and oxygen atoms in total. The Balaban J connectivity index is 2.31. The van der Waals surface area contributed by atoms with Gasteiger partial charge < -0.3 is 10.1 Å². The molecule has 1 aromatic carbocycles. The molecule has 0 aliphatic rings. The predicted octanol–water partition coefficient (Wildman–Crippen LogP) is 3.04. The second-order valence-corrected chi connectivity index (χ2v) is 5.65. The number of fused-ring (bicyclic) bond motifs is 1. The number of hydrogen-bond acceptors (Lipinski definition) is 3. The van der Waals surface area contributed by atoms with Crippen molar-refractivity contribution in [1.29, 1.82) is 0 Å². The van der Waals surface area contributed by atoms with Crippen molar-refractivity contribution in [2.45, 2.75) is 19.4 Å². The van der Waals surface area contributed by atoms with Gasteiger partial charge in [0, 0.05) is 12.5 Å². The predicted molar refractivity (Wildman–Crippen MR) is 80.2 cm³/mol. The molecule has 2 aromatic rings. The highest BCUT2D eigenvalue weighted by atomic mass is 35.5. The average Bonchev–Trinajstić information content (AvgIpc) is 2.38. The molecule has 1 N–H and O–H groups in total. The van der Waals surface area contributed by atoms with Gasteiger partial charge in [0.05, 0.1) is 12.1 Å². The molecule has 0 atom stereocenters. The van der Waals surface area contributed by atoms with E-state index in [2.05, 4.69) is 10.3 Å². The normalized spacial score (nSPS) is 11.6. The van der Waals surface area contributed by atoms with Gasteiger partial charge in [-0.2, -0.15) is 0 Å². The first kappa shape index (κ1) is 14.8. The molecule has 1 aromatic heterocycles. The molecule has 1 heterocycles. The van der Waals surface area contributed by atoms with E-state index in [-0.39, 0.29) is 5.91 Å². The number of nitrogens with one attached hydrogen (secondary N) is 1. The van der Waals surface area contributed by atoms with Crippen LogP contribution in [0.2, 0.25) is 5.15 Å². The van der Waals surface area contributed by atoms with Crippen LogP contribution in [0.1, 0.15) is 24.3 Å². The molecule has 20 heavy (non-hydrogen) atoms. The van der Waals surface area contributed by atoms with Gasteiger partial charge in [-0.3, -0.25) is 4.79 Å². The number of methoxy groups -OCH3 is 1. The third-order valence-electron chi connectivity index (χ3n) is 2.88. The lowest BCUT2D eigenvalue weighted by Crippen LogP contribution is -2.47. The summed E-state index contributed by atoms with van der Waals surface area (Å²) in [5.74, 6) is -0.264. The van der Waals surface area contributed by atoms with Gasteiger partial charge in [-0.05, 0) is 25.3 Å². The number of carbonyl (C=O) groups is 1. The van der Waals surface area contributed by atoms with Crippen LogP contribution in [-0.2, 0) is 4.74 Å². The zero-order chi connectivity index (χ0) is 14.8. The number of carbonyl (C=O) groups excluding carboxylic acids is 1. The van der Waals surface area contributed by atoms with E-state index < -0.39 is 5.54 Å². The minimum absolute atomic E-state index is 0.264. The second-order valence-electron chi connectivity index (χ2n) is 5.29. The molecule has 0 saturated carbocycles. The third-order valence-corrected chi connectivity index (χ3v) is 3.17. The zero-order valence-electron chi connectivity index (χ0n) is 11.7. The molecular formula is C15H17ClN2O2. The molecule has 0 unspecified atom stereocenters. The zero-order valence-corrected chi connectivity index (χ0v) is 12.5. The number of benzene rings is 1. The van der Waals surface area contributed by atoms with E-state index in [1.807, 2.05) is 38.1 Å². The first-order chi connectivity index (χ1) is 9.43. The monoisotopic (exact) mass is 292 g/mol. The van der Waals surface area contributed by atoms with E-state index in [0.717, 1.165) is 10.8 Å². The number of rotatable bonds is 4. The van der Waals surface area contributed by atoms with Crippen LogP contribution in [0.25, 0.3) is 10.8 Å². The van der Waals surface area contributed by atoms with Crippen LogP contribution in [0.15, 0.2) is 30.3 Å². The van der Waals surface area contributed by atoms with Crippen LogP contribution >= 0.6 is 11.6 Å². The van der Waals surface area contributed by atoms with Gasteiger partial charge in [-0.1, -0.05) is 35.9 Å². The smallest absolute Gasteiger partial charge is 0.270 e. The first-order valence-corrected chi connectivity index (χ1v) is 6.67. The van der Waals surface area contributed by atoms with Crippen molar-refractivity contribution in [3.8, 4) is 0 Å². The first-order valence-electron chi connectivity index (χ1n) is 6.30. The van der Waals surface area contributed by atoms with Crippen molar-refractivity contribution in [2.75, 3.05) is 13.7 Å². The summed E-state index contributed by atoms with van der Waals surface area (Å²) in [4.78, 5) is 16.4. The highest BCUT2D eigenvalue weighted by Crippen LogP contribution is 2.22. The number of ether oxygens (including phenoxy) is 1. The van der Waals surface area contributed by atoms with Gasteiger partial charge in [-0.25, -0.2) is 4.98 Å². The van der Waals surface area contributed by atoms with Crippen LogP contribution in [0.3, 0.4) is 0 Å². The summed E-state index contributed by atoms with van der Waals surface area (Å²) in [6.07, 6.45) is 0. The topological polar surface area (TPSA) is 51.2 Å². The van der Waals surface area contributed by atoms with E-state index in [0.29, 0.717) is 17.5 Å². The van der Waals surface area contributed by atoms with Gasteiger partial charge in [0.15, 0.2) is 0 Å². The van der Waals surface area contributed by atoms with E-state index in [1.165, 1.54) is 0 Å². The maximum Gasteiger partial charge on any atom is 0.270 e. The Morgan fingerprint density at radius 2 is 2.10 bits per heavy atom. The van der Waals surface area contributed by atoms with Crippen molar-refractivity contribution >= 4 is 28.3 Å². The number of halogens is 1. The summed E-state index contributed by atoms with van der Waals surface area (Å²) in [6, 6.07) is 9.30. The van der Waals surface area contributed by atoms with Crippen molar-refractivity contribution in [3.63, 3.8) is 0 Å². The minimum atomic E-state index is -0.467. The largest absolute Gasteiger partial charge is 0.382 e. The van der Waals surface area contributed by atoms with Crippen molar-refractivity contribution in [1.82, 2.24) is 10.3 Å². The third kappa shape index (κ3) is 3.26. The number of hydrogen-bond donors (Lipinski definition) is 1. The van der Waals surface area contributed by atoms with Crippen LogP contribution in [-0.4, -0.2) is 30.1 Å². The molecule has 0 bridgehead atoms. The summed E-state index contributed by atoms with van der Waals surface area (Å²) in [5.41, 5.74) is -0.163. The summed E-state index contributed by atoms with van der Waals surface area (Å²) in [6.45, 7) is 4.19. The van der Waals surface area contributed by atoms with Gasteiger partial charge in [0.2, 0.25) is 0 Å². The van der Waals surface area contributed by atoms with E-state index in [9.17, 15) is 4.79 Å². The molecule has 106 valence electrons. The summed E-state index contributed by atoms with van der Waals surface area (Å²) < 4.78 is 5.08. The fraction of sp³-hybridized carbons (Fsp3) is 0.333. The van der Waals surface area contributed by atoms with Crippen LogP contribution in [0.4, 0.5) is 0 Å². The molecule has 0 spiro atoms. The molecule has 1 amide bonds. The van der Waals surface area contributed by atoms with Crippen molar-refractivity contribution < 1.29 is 9.53 Å². The fourth-order valence-electron chi connectivity index (χ4n) is 2.04. The van der Waals surface area contributed by atoms with Crippen molar-refractivity contribution in [2.24, 2.45) is 0 Å². The van der Waals surface area contributed by atoms with Crippen LogP contribution in [0.5, 0.6) is 0 Å². The Morgan fingerprint density at radius 3 is 2.80 bits per heavy atom. The Bertz CT molecular complexity index is 641. The lowest BCUT2D eigenvalue weighted by atomic mass is 10.1. The maximum absolute atomic E-state index is 12.2. The van der Waals surface area contributed by atoms with E-state index in [4.69, 9.17) is 16.3 Å². The Hall–Kier alpha value is -1.65.